The summed E-state index contributed by atoms with van der Waals surface area (Å²) in [5.41, 5.74) is -0.442. The minimum Gasteiger partial charge on any atom is -0.481 e. The predicted molar refractivity (Wildman–Crippen MR) is 40.3 cm³/mol. The highest BCUT2D eigenvalue weighted by Crippen LogP contribution is 2.38. The Morgan fingerprint density at radius 2 is 2.09 bits per heavy atom. The first kappa shape index (κ1) is 7.10. The minimum absolute atomic E-state index is 0.442. The molecule has 3 heteroatoms. The van der Waals surface area contributed by atoms with Crippen LogP contribution in [-0.2, 0) is 4.79 Å². The van der Waals surface area contributed by atoms with Crippen LogP contribution in [0.15, 0.2) is 0 Å². The molecule has 62 valence electrons. The molecule has 2 fully saturated rings. The van der Waals surface area contributed by atoms with Crippen LogP contribution in [0.2, 0.25) is 0 Å². The Hall–Kier alpha value is -0.570. The lowest BCUT2D eigenvalue weighted by molar-refractivity contribution is -0.158. The van der Waals surface area contributed by atoms with Crippen molar-refractivity contribution in [3.63, 3.8) is 0 Å². The number of carboxylic acids is 1. The second kappa shape index (κ2) is 1.97. The zero-order valence-corrected chi connectivity index (χ0v) is 6.71. The van der Waals surface area contributed by atoms with Crippen LogP contribution in [0.4, 0.5) is 0 Å². The first-order valence-corrected chi connectivity index (χ1v) is 4.09. The van der Waals surface area contributed by atoms with Gasteiger partial charge in [-0.3, -0.25) is 9.69 Å². The van der Waals surface area contributed by atoms with Crippen LogP contribution in [0.25, 0.3) is 0 Å². The Bertz CT molecular complexity index is 192. The molecule has 1 aliphatic heterocycles. The lowest BCUT2D eigenvalue weighted by atomic mass is 9.82. The normalized spacial score (nSPS) is 29.5. The molecule has 1 saturated heterocycles. The molecule has 2 rings (SSSR count). The summed E-state index contributed by atoms with van der Waals surface area (Å²) in [5.74, 6) is -0.644. The molecule has 0 aromatic heterocycles. The number of aliphatic carboxylic acids is 1. The molecular formula is C8H13NO2. The highest BCUT2D eigenvalue weighted by atomic mass is 16.4. The van der Waals surface area contributed by atoms with Crippen molar-refractivity contribution < 1.29 is 9.90 Å². The van der Waals surface area contributed by atoms with Crippen LogP contribution in [0.5, 0.6) is 0 Å². The smallest absolute Gasteiger partial charge is 0.311 e. The van der Waals surface area contributed by atoms with Gasteiger partial charge in [-0.05, 0) is 19.8 Å². The van der Waals surface area contributed by atoms with Gasteiger partial charge in [-0.2, -0.15) is 0 Å². The lowest BCUT2D eigenvalue weighted by Crippen LogP contribution is -2.59. The van der Waals surface area contributed by atoms with E-state index >= 15 is 0 Å². The standard InChI is InChI=1S/C8H13NO2/c1-8(7(10)11)4-9(5-8)6-2-3-6/h6H,2-5H2,1H3,(H,10,11). The third-order valence-corrected chi connectivity index (χ3v) is 2.68. The maximum atomic E-state index is 10.7. The van der Waals surface area contributed by atoms with E-state index in [4.69, 9.17) is 5.11 Å². The van der Waals surface area contributed by atoms with Crippen molar-refractivity contribution in [3.8, 4) is 0 Å². The Labute approximate surface area is 66.0 Å². The van der Waals surface area contributed by atoms with Crippen LogP contribution in [0, 0.1) is 5.41 Å². The molecule has 0 bridgehead atoms. The third kappa shape index (κ3) is 1.03. The molecule has 0 aromatic carbocycles. The van der Waals surface area contributed by atoms with Gasteiger partial charge in [0, 0.05) is 19.1 Å². The number of hydrogen-bond acceptors (Lipinski definition) is 2. The Balaban J connectivity index is 1.89. The zero-order chi connectivity index (χ0) is 8.06. The van der Waals surface area contributed by atoms with E-state index in [1.807, 2.05) is 6.92 Å². The van der Waals surface area contributed by atoms with Gasteiger partial charge in [0.1, 0.15) is 0 Å². The lowest BCUT2D eigenvalue weighted by Gasteiger charge is -2.45. The first-order valence-electron chi connectivity index (χ1n) is 4.09. The molecule has 3 nitrogen and oxygen atoms in total. The monoisotopic (exact) mass is 155 g/mol. The topological polar surface area (TPSA) is 40.5 Å². The van der Waals surface area contributed by atoms with Gasteiger partial charge in [0.2, 0.25) is 0 Å². The second-order valence-electron chi connectivity index (χ2n) is 4.00. The first-order chi connectivity index (χ1) is 5.12. The maximum absolute atomic E-state index is 10.7. The molecule has 11 heavy (non-hydrogen) atoms. The zero-order valence-electron chi connectivity index (χ0n) is 6.71. The van der Waals surface area contributed by atoms with Gasteiger partial charge < -0.3 is 5.11 Å². The molecule has 0 amide bonds. The van der Waals surface area contributed by atoms with E-state index in [1.165, 1.54) is 12.8 Å². The number of carboxylic acid groups (broad SMARTS) is 1. The Morgan fingerprint density at radius 1 is 1.55 bits per heavy atom. The Kier molecular flexibility index (Phi) is 1.27. The van der Waals surface area contributed by atoms with Gasteiger partial charge in [-0.15, -0.1) is 0 Å². The molecule has 0 spiro atoms. The van der Waals surface area contributed by atoms with E-state index in [2.05, 4.69) is 4.90 Å². The van der Waals surface area contributed by atoms with Gasteiger partial charge in [0.05, 0.1) is 5.41 Å². The maximum Gasteiger partial charge on any atom is 0.311 e. The van der Waals surface area contributed by atoms with Crippen LogP contribution >= 0.6 is 0 Å². The summed E-state index contributed by atoms with van der Waals surface area (Å²) in [6.07, 6.45) is 2.55. The van der Waals surface area contributed by atoms with Gasteiger partial charge in [-0.25, -0.2) is 0 Å². The largest absolute Gasteiger partial charge is 0.481 e. The highest BCUT2D eigenvalue weighted by molar-refractivity contribution is 5.76. The van der Waals surface area contributed by atoms with E-state index < -0.39 is 11.4 Å². The van der Waals surface area contributed by atoms with E-state index in [0.717, 1.165) is 19.1 Å². The fraction of sp³-hybridized carbons (Fsp3) is 0.875. The summed E-state index contributed by atoms with van der Waals surface area (Å²) in [6, 6.07) is 0.724. The number of nitrogens with zero attached hydrogens (tertiary/aromatic N) is 1. The Morgan fingerprint density at radius 3 is 2.45 bits per heavy atom. The van der Waals surface area contributed by atoms with Gasteiger partial charge in [-0.1, -0.05) is 0 Å². The third-order valence-electron chi connectivity index (χ3n) is 2.68. The van der Waals surface area contributed by atoms with Crippen LogP contribution in [-0.4, -0.2) is 35.1 Å². The number of rotatable bonds is 2. The summed E-state index contributed by atoms with van der Waals surface area (Å²) < 4.78 is 0. The second-order valence-corrected chi connectivity index (χ2v) is 4.00. The SMILES string of the molecule is CC1(C(=O)O)CN(C2CC2)C1. The molecule has 0 radical (unpaired) electrons. The molecule has 1 heterocycles. The molecule has 0 aromatic rings. The van der Waals surface area contributed by atoms with E-state index in [-0.39, 0.29) is 0 Å². The van der Waals surface area contributed by atoms with E-state index in [1.54, 1.807) is 0 Å². The van der Waals surface area contributed by atoms with Crippen molar-refractivity contribution in [1.29, 1.82) is 0 Å². The summed E-state index contributed by atoms with van der Waals surface area (Å²) in [5, 5.41) is 8.79. The van der Waals surface area contributed by atoms with Gasteiger partial charge in [0.15, 0.2) is 0 Å². The quantitative estimate of drug-likeness (QED) is 0.633. The molecule has 1 aliphatic carbocycles. The van der Waals surface area contributed by atoms with Crippen LogP contribution < -0.4 is 0 Å². The van der Waals surface area contributed by atoms with E-state index in [9.17, 15) is 4.79 Å². The van der Waals surface area contributed by atoms with Crippen molar-refractivity contribution in [1.82, 2.24) is 4.90 Å². The fourth-order valence-electron chi connectivity index (χ4n) is 1.68. The number of likely N-dealkylation sites (tertiary alicyclic amines) is 1. The number of carbonyl (C=O) groups is 1. The van der Waals surface area contributed by atoms with E-state index in [0.29, 0.717) is 0 Å². The molecule has 1 saturated carbocycles. The van der Waals surface area contributed by atoms with Gasteiger partial charge in [0.25, 0.3) is 0 Å². The summed E-state index contributed by atoms with van der Waals surface area (Å²) in [6.45, 7) is 3.34. The number of hydrogen-bond donors (Lipinski definition) is 1. The molecule has 0 unspecified atom stereocenters. The molecule has 0 atom stereocenters. The van der Waals surface area contributed by atoms with Crippen molar-refractivity contribution in [3.05, 3.63) is 0 Å². The molecular weight excluding hydrogens is 142 g/mol. The predicted octanol–water partition coefficient (Wildman–Crippen LogP) is 0.555. The summed E-state index contributed by atoms with van der Waals surface area (Å²) in [7, 11) is 0. The fourth-order valence-corrected chi connectivity index (χ4v) is 1.68. The summed E-state index contributed by atoms with van der Waals surface area (Å²) >= 11 is 0. The molecule has 2 aliphatic rings. The van der Waals surface area contributed by atoms with Crippen LogP contribution in [0.3, 0.4) is 0 Å². The average molecular weight is 155 g/mol. The van der Waals surface area contributed by atoms with Crippen LogP contribution in [0.1, 0.15) is 19.8 Å². The van der Waals surface area contributed by atoms with Crippen molar-refractivity contribution >= 4 is 5.97 Å². The minimum atomic E-state index is -0.644. The van der Waals surface area contributed by atoms with Crippen molar-refractivity contribution in [2.75, 3.05) is 13.1 Å². The van der Waals surface area contributed by atoms with Crippen molar-refractivity contribution in [2.24, 2.45) is 5.41 Å². The average Bonchev–Trinajstić information content (AvgIpc) is 2.61. The molecule has 1 N–H and O–H groups in total. The summed E-state index contributed by atoms with van der Waals surface area (Å²) in [4.78, 5) is 12.9. The van der Waals surface area contributed by atoms with Gasteiger partial charge >= 0.3 is 5.97 Å². The highest BCUT2D eigenvalue weighted by Gasteiger charge is 2.49. The van der Waals surface area contributed by atoms with Crippen molar-refractivity contribution in [2.45, 2.75) is 25.8 Å².